The van der Waals surface area contributed by atoms with Crippen LogP contribution in [0.5, 0.6) is 5.75 Å². The molecular weight excluding hydrogens is 326 g/mol. The molecule has 2 aromatic carbocycles. The fourth-order valence-electron chi connectivity index (χ4n) is 3.04. The summed E-state index contributed by atoms with van der Waals surface area (Å²) in [6, 6.07) is 15.6. The molecule has 0 radical (unpaired) electrons. The zero-order chi connectivity index (χ0) is 18.7. The van der Waals surface area contributed by atoms with Gasteiger partial charge in [0.25, 0.3) is 0 Å². The number of esters is 1. The predicted octanol–water partition coefficient (Wildman–Crippen LogP) is 4.83. The molecule has 132 valence electrons. The van der Waals surface area contributed by atoms with Crippen molar-refractivity contribution in [3.05, 3.63) is 71.5 Å². The lowest BCUT2D eigenvalue weighted by atomic mass is 9.93. The molecule has 0 fully saturated rings. The molecule has 0 aliphatic rings. The summed E-state index contributed by atoms with van der Waals surface area (Å²) in [4.78, 5) is 16.8. The number of carbonyl (C=O) groups is 1. The average Bonchev–Trinajstić information content (AvgIpc) is 2.69. The summed E-state index contributed by atoms with van der Waals surface area (Å²) in [7, 11) is 3.01. The van der Waals surface area contributed by atoms with Gasteiger partial charge in [0, 0.05) is 11.3 Å². The van der Waals surface area contributed by atoms with E-state index in [1.807, 2.05) is 62.4 Å². The minimum Gasteiger partial charge on any atom is -0.494 e. The third-order valence-electron chi connectivity index (χ3n) is 4.56. The van der Waals surface area contributed by atoms with Gasteiger partial charge in [-0.3, -0.25) is 4.98 Å². The molecule has 0 amide bonds. The van der Waals surface area contributed by atoms with Crippen molar-refractivity contribution in [1.82, 2.24) is 4.98 Å². The quantitative estimate of drug-likeness (QED) is 0.634. The first-order chi connectivity index (χ1) is 12.6. The van der Waals surface area contributed by atoms with Crippen molar-refractivity contribution in [3.63, 3.8) is 0 Å². The Hall–Kier alpha value is -3.14. The van der Waals surface area contributed by atoms with Gasteiger partial charge in [0.1, 0.15) is 5.75 Å². The average molecular weight is 347 g/mol. The Morgan fingerprint density at radius 2 is 1.69 bits per heavy atom. The summed E-state index contributed by atoms with van der Waals surface area (Å²) < 4.78 is 10.5. The van der Waals surface area contributed by atoms with Crippen LogP contribution >= 0.6 is 0 Å². The minimum absolute atomic E-state index is 0.367. The van der Waals surface area contributed by atoms with Crippen LogP contribution in [0.1, 0.15) is 21.6 Å². The third-order valence-corrected chi connectivity index (χ3v) is 4.56. The van der Waals surface area contributed by atoms with Crippen molar-refractivity contribution in [2.75, 3.05) is 14.2 Å². The van der Waals surface area contributed by atoms with Crippen LogP contribution in [0, 0.1) is 13.8 Å². The number of nitrogens with zero attached hydrogens (tertiary/aromatic N) is 1. The molecule has 4 nitrogen and oxygen atoms in total. The lowest BCUT2D eigenvalue weighted by Gasteiger charge is -2.16. The number of carbonyl (C=O) groups excluding carboxylic acids is 1. The molecule has 3 rings (SSSR count). The SMILES string of the molecule is COC(=O)c1cc(-c2c(OC)cnc(C)c2C)ccc1-c1ccccc1. The van der Waals surface area contributed by atoms with Crippen molar-refractivity contribution in [3.8, 4) is 28.0 Å². The summed E-state index contributed by atoms with van der Waals surface area (Å²) in [5.41, 5.74) is 6.10. The van der Waals surface area contributed by atoms with Crippen LogP contribution < -0.4 is 4.74 Å². The second kappa shape index (κ2) is 7.40. The van der Waals surface area contributed by atoms with E-state index in [1.165, 1.54) is 7.11 Å². The van der Waals surface area contributed by atoms with E-state index in [9.17, 15) is 4.79 Å². The fraction of sp³-hybridized carbons (Fsp3) is 0.182. The van der Waals surface area contributed by atoms with Gasteiger partial charge in [0.15, 0.2) is 0 Å². The minimum atomic E-state index is -0.367. The van der Waals surface area contributed by atoms with Gasteiger partial charge in [-0.2, -0.15) is 0 Å². The number of aryl methyl sites for hydroxylation is 1. The van der Waals surface area contributed by atoms with E-state index in [1.54, 1.807) is 13.3 Å². The van der Waals surface area contributed by atoms with Gasteiger partial charge in [-0.15, -0.1) is 0 Å². The van der Waals surface area contributed by atoms with Gasteiger partial charge in [0.2, 0.25) is 0 Å². The second-order valence-electron chi connectivity index (χ2n) is 6.03. The van der Waals surface area contributed by atoms with Crippen LogP contribution in [0.15, 0.2) is 54.7 Å². The normalized spacial score (nSPS) is 10.5. The van der Waals surface area contributed by atoms with Gasteiger partial charge in [-0.25, -0.2) is 4.79 Å². The summed E-state index contributed by atoms with van der Waals surface area (Å²) in [5.74, 6) is 0.310. The molecule has 26 heavy (non-hydrogen) atoms. The summed E-state index contributed by atoms with van der Waals surface area (Å²) in [6.07, 6.45) is 1.71. The summed E-state index contributed by atoms with van der Waals surface area (Å²) in [6.45, 7) is 3.96. The Kier molecular flexibility index (Phi) is 5.03. The number of hydrogen-bond acceptors (Lipinski definition) is 4. The first kappa shape index (κ1) is 17.7. The van der Waals surface area contributed by atoms with Crippen LogP contribution in [0.3, 0.4) is 0 Å². The molecule has 0 bridgehead atoms. The van der Waals surface area contributed by atoms with E-state index in [4.69, 9.17) is 9.47 Å². The zero-order valence-electron chi connectivity index (χ0n) is 15.4. The van der Waals surface area contributed by atoms with Crippen LogP contribution in [-0.4, -0.2) is 25.2 Å². The Bertz CT molecular complexity index is 949. The molecule has 1 heterocycles. The zero-order valence-corrected chi connectivity index (χ0v) is 15.4. The van der Waals surface area contributed by atoms with Crippen molar-refractivity contribution in [2.45, 2.75) is 13.8 Å². The largest absolute Gasteiger partial charge is 0.494 e. The van der Waals surface area contributed by atoms with E-state index in [2.05, 4.69) is 4.98 Å². The maximum absolute atomic E-state index is 12.4. The number of methoxy groups -OCH3 is 2. The molecule has 4 heteroatoms. The van der Waals surface area contributed by atoms with Gasteiger partial charge >= 0.3 is 5.97 Å². The standard InChI is InChI=1S/C22H21NO3/c1-14-15(2)23-13-20(25-3)21(14)17-10-11-18(16-8-6-5-7-9-16)19(12-17)22(24)26-4/h5-13H,1-4H3. The third kappa shape index (κ3) is 3.18. The number of rotatable bonds is 4. The Morgan fingerprint density at radius 1 is 0.962 bits per heavy atom. The lowest BCUT2D eigenvalue weighted by Crippen LogP contribution is -2.05. The fourth-order valence-corrected chi connectivity index (χ4v) is 3.04. The maximum atomic E-state index is 12.4. The molecule has 0 saturated heterocycles. The van der Waals surface area contributed by atoms with Gasteiger partial charge in [-0.05, 0) is 42.2 Å². The highest BCUT2D eigenvalue weighted by Gasteiger charge is 2.18. The summed E-state index contributed by atoms with van der Waals surface area (Å²) >= 11 is 0. The Balaban J connectivity index is 2.24. The molecule has 3 aromatic rings. The molecule has 0 spiro atoms. The van der Waals surface area contributed by atoms with E-state index in [0.29, 0.717) is 11.3 Å². The Labute approximate surface area is 153 Å². The second-order valence-corrected chi connectivity index (χ2v) is 6.03. The van der Waals surface area contributed by atoms with Gasteiger partial charge in [-0.1, -0.05) is 42.5 Å². The molecule has 0 saturated carbocycles. The van der Waals surface area contributed by atoms with Crippen LogP contribution in [0.4, 0.5) is 0 Å². The highest BCUT2D eigenvalue weighted by atomic mass is 16.5. The smallest absolute Gasteiger partial charge is 0.338 e. The number of pyridine rings is 1. The first-order valence-electron chi connectivity index (χ1n) is 8.35. The van der Waals surface area contributed by atoms with Crippen molar-refractivity contribution in [2.24, 2.45) is 0 Å². The van der Waals surface area contributed by atoms with E-state index in [0.717, 1.165) is 33.5 Å². The molecular formula is C22H21NO3. The van der Waals surface area contributed by atoms with Crippen molar-refractivity contribution in [1.29, 1.82) is 0 Å². The van der Waals surface area contributed by atoms with Gasteiger partial charge in [0.05, 0.1) is 26.0 Å². The van der Waals surface area contributed by atoms with Crippen LogP contribution in [-0.2, 0) is 4.74 Å². The molecule has 0 aliphatic carbocycles. The number of benzene rings is 2. The molecule has 0 aliphatic heterocycles. The topological polar surface area (TPSA) is 48.4 Å². The highest BCUT2D eigenvalue weighted by molar-refractivity contribution is 5.99. The van der Waals surface area contributed by atoms with Crippen LogP contribution in [0.2, 0.25) is 0 Å². The highest BCUT2D eigenvalue weighted by Crippen LogP contribution is 2.36. The lowest BCUT2D eigenvalue weighted by molar-refractivity contribution is 0.0601. The monoisotopic (exact) mass is 347 g/mol. The number of aromatic nitrogens is 1. The van der Waals surface area contributed by atoms with Gasteiger partial charge < -0.3 is 9.47 Å². The van der Waals surface area contributed by atoms with E-state index in [-0.39, 0.29) is 5.97 Å². The Morgan fingerprint density at radius 3 is 2.35 bits per heavy atom. The van der Waals surface area contributed by atoms with Crippen molar-refractivity contribution >= 4 is 5.97 Å². The van der Waals surface area contributed by atoms with Crippen molar-refractivity contribution < 1.29 is 14.3 Å². The maximum Gasteiger partial charge on any atom is 0.338 e. The van der Waals surface area contributed by atoms with Crippen LogP contribution in [0.25, 0.3) is 22.3 Å². The predicted molar refractivity (Wildman–Crippen MR) is 102 cm³/mol. The molecule has 1 aromatic heterocycles. The first-order valence-corrected chi connectivity index (χ1v) is 8.35. The molecule has 0 unspecified atom stereocenters. The molecule has 0 atom stereocenters. The number of ether oxygens (including phenoxy) is 2. The number of hydrogen-bond donors (Lipinski definition) is 0. The summed E-state index contributed by atoms with van der Waals surface area (Å²) in [5, 5.41) is 0. The van der Waals surface area contributed by atoms with E-state index < -0.39 is 0 Å². The van der Waals surface area contributed by atoms with E-state index >= 15 is 0 Å². The molecule has 0 N–H and O–H groups in total.